The number of anilines is 2. The second-order valence-corrected chi connectivity index (χ2v) is 8.20. The molecule has 0 aliphatic rings. The fourth-order valence-electron chi connectivity index (χ4n) is 1.84. The summed E-state index contributed by atoms with van der Waals surface area (Å²) in [7, 11) is -2.09. The van der Waals surface area contributed by atoms with Crippen LogP contribution in [0.25, 0.3) is 0 Å². The van der Waals surface area contributed by atoms with Crippen molar-refractivity contribution >= 4 is 54.8 Å². The van der Waals surface area contributed by atoms with Gasteiger partial charge < -0.3 is 5.32 Å². The first-order valence-corrected chi connectivity index (χ1v) is 9.51. The van der Waals surface area contributed by atoms with E-state index >= 15 is 0 Å². The van der Waals surface area contributed by atoms with E-state index in [2.05, 4.69) is 21.2 Å². The number of hydrogen-bond donors (Lipinski definition) is 1. The maximum Gasteiger partial charge on any atom is 0.255 e. The average Bonchev–Trinajstić information content (AvgIpc) is 2.46. The zero-order valence-corrected chi connectivity index (χ0v) is 15.5. The van der Waals surface area contributed by atoms with Crippen LogP contribution in [-0.2, 0) is 10.0 Å². The maximum absolute atomic E-state index is 12.3. The van der Waals surface area contributed by atoms with Crippen LogP contribution >= 0.6 is 27.5 Å². The SMILES string of the molecule is CN(c1cc(C(=O)Nc2cccc(Br)c2)ccc1Cl)S(C)(=O)=O. The van der Waals surface area contributed by atoms with E-state index in [-0.39, 0.29) is 16.6 Å². The van der Waals surface area contributed by atoms with E-state index in [4.69, 9.17) is 11.6 Å². The Labute approximate surface area is 148 Å². The van der Waals surface area contributed by atoms with E-state index in [1.165, 1.54) is 25.2 Å². The molecule has 0 radical (unpaired) electrons. The number of sulfonamides is 1. The third-order valence-electron chi connectivity index (χ3n) is 3.13. The predicted molar refractivity (Wildman–Crippen MR) is 96.8 cm³/mol. The van der Waals surface area contributed by atoms with Gasteiger partial charge in [-0.2, -0.15) is 0 Å². The predicted octanol–water partition coefficient (Wildman–Crippen LogP) is 3.75. The number of hydrogen-bond acceptors (Lipinski definition) is 3. The van der Waals surface area contributed by atoms with E-state index in [1.807, 2.05) is 6.07 Å². The molecule has 122 valence electrons. The summed E-state index contributed by atoms with van der Waals surface area (Å²) < 4.78 is 25.2. The van der Waals surface area contributed by atoms with Crippen molar-refractivity contribution in [2.24, 2.45) is 0 Å². The Morgan fingerprint density at radius 2 is 1.91 bits per heavy atom. The van der Waals surface area contributed by atoms with Gasteiger partial charge in [0.05, 0.1) is 17.0 Å². The number of nitrogens with zero attached hydrogens (tertiary/aromatic N) is 1. The fourth-order valence-corrected chi connectivity index (χ4v) is 3.05. The van der Waals surface area contributed by atoms with E-state index in [0.717, 1.165) is 15.0 Å². The molecule has 0 atom stereocenters. The minimum atomic E-state index is -3.47. The van der Waals surface area contributed by atoms with Crippen LogP contribution in [0.2, 0.25) is 5.02 Å². The summed E-state index contributed by atoms with van der Waals surface area (Å²) in [6.45, 7) is 0. The van der Waals surface area contributed by atoms with E-state index < -0.39 is 10.0 Å². The second kappa shape index (κ2) is 6.90. The largest absolute Gasteiger partial charge is 0.322 e. The van der Waals surface area contributed by atoms with Crippen molar-refractivity contribution in [1.29, 1.82) is 0 Å². The van der Waals surface area contributed by atoms with Crippen molar-refractivity contribution in [3.05, 3.63) is 57.5 Å². The molecule has 1 N–H and O–H groups in total. The molecule has 0 saturated heterocycles. The van der Waals surface area contributed by atoms with Crippen molar-refractivity contribution in [2.75, 3.05) is 22.9 Å². The first-order valence-electron chi connectivity index (χ1n) is 6.49. The van der Waals surface area contributed by atoms with Crippen molar-refractivity contribution < 1.29 is 13.2 Å². The van der Waals surface area contributed by atoms with Gasteiger partial charge in [0.2, 0.25) is 10.0 Å². The number of rotatable bonds is 4. The van der Waals surface area contributed by atoms with Gasteiger partial charge in [-0.05, 0) is 36.4 Å². The van der Waals surface area contributed by atoms with Crippen LogP contribution in [0, 0.1) is 0 Å². The van der Waals surface area contributed by atoms with E-state index in [9.17, 15) is 13.2 Å². The Hall–Kier alpha value is -1.57. The molecule has 23 heavy (non-hydrogen) atoms. The lowest BCUT2D eigenvalue weighted by Crippen LogP contribution is -2.25. The Balaban J connectivity index is 2.32. The van der Waals surface area contributed by atoms with Gasteiger partial charge in [-0.1, -0.05) is 33.6 Å². The number of amides is 1. The van der Waals surface area contributed by atoms with Crippen LogP contribution in [-0.4, -0.2) is 27.6 Å². The van der Waals surface area contributed by atoms with Crippen LogP contribution in [0.4, 0.5) is 11.4 Å². The van der Waals surface area contributed by atoms with Gasteiger partial charge in [0.1, 0.15) is 0 Å². The monoisotopic (exact) mass is 416 g/mol. The summed E-state index contributed by atoms with van der Waals surface area (Å²) in [6, 6.07) is 11.6. The fraction of sp³-hybridized carbons (Fsp3) is 0.133. The third kappa shape index (κ3) is 4.46. The number of halogens is 2. The van der Waals surface area contributed by atoms with Crippen molar-refractivity contribution in [3.8, 4) is 0 Å². The molecule has 0 saturated carbocycles. The highest BCUT2D eigenvalue weighted by Gasteiger charge is 2.17. The number of nitrogens with one attached hydrogen (secondary N) is 1. The molecule has 0 aliphatic heterocycles. The minimum Gasteiger partial charge on any atom is -0.322 e. The molecular formula is C15H14BrClN2O3S. The normalized spacial score (nSPS) is 11.1. The molecule has 0 aromatic heterocycles. The standard InChI is InChI=1S/C15H14BrClN2O3S/c1-19(23(2,21)22)14-8-10(6-7-13(14)17)15(20)18-12-5-3-4-11(16)9-12/h3-9H,1-2H3,(H,18,20). The minimum absolute atomic E-state index is 0.246. The Kier molecular flexibility index (Phi) is 5.33. The highest BCUT2D eigenvalue weighted by molar-refractivity contribution is 9.10. The Bertz CT molecular complexity index is 856. The van der Waals surface area contributed by atoms with Crippen molar-refractivity contribution in [2.45, 2.75) is 0 Å². The van der Waals surface area contributed by atoms with Gasteiger partial charge >= 0.3 is 0 Å². The molecular weight excluding hydrogens is 404 g/mol. The lowest BCUT2D eigenvalue weighted by atomic mass is 10.2. The number of benzene rings is 2. The van der Waals surface area contributed by atoms with Gasteiger partial charge in [0.15, 0.2) is 0 Å². The molecule has 0 heterocycles. The molecule has 0 spiro atoms. The summed E-state index contributed by atoms with van der Waals surface area (Å²) in [4.78, 5) is 12.3. The topological polar surface area (TPSA) is 66.5 Å². The van der Waals surface area contributed by atoms with Gasteiger partial charge in [0.25, 0.3) is 5.91 Å². The molecule has 5 nitrogen and oxygen atoms in total. The van der Waals surface area contributed by atoms with Crippen molar-refractivity contribution in [1.82, 2.24) is 0 Å². The molecule has 2 aromatic rings. The van der Waals surface area contributed by atoms with E-state index in [0.29, 0.717) is 11.3 Å². The number of carbonyl (C=O) groups excluding carboxylic acids is 1. The Morgan fingerprint density at radius 3 is 2.52 bits per heavy atom. The Morgan fingerprint density at radius 1 is 1.22 bits per heavy atom. The van der Waals surface area contributed by atoms with Crippen molar-refractivity contribution in [3.63, 3.8) is 0 Å². The number of carbonyl (C=O) groups is 1. The van der Waals surface area contributed by atoms with Crippen LogP contribution in [0.15, 0.2) is 46.9 Å². The molecule has 0 unspecified atom stereocenters. The highest BCUT2D eigenvalue weighted by atomic mass is 79.9. The van der Waals surface area contributed by atoms with Crippen LogP contribution in [0.3, 0.4) is 0 Å². The lowest BCUT2D eigenvalue weighted by Gasteiger charge is -2.18. The average molecular weight is 418 g/mol. The molecule has 0 fully saturated rings. The molecule has 2 aromatic carbocycles. The molecule has 1 amide bonds. The summed E-state index contributed by atoms with van der Waals surface area (Å²) in [5, 5.41) is 2.99. The summed E-state index contributed by atoms with van der Waals surface area (Å²) >= 11 is 9.37. The highest BCUT2D eigenvalue weighted by Crippen LogP contribution is 2.28. The molecule has 0 aliphatic carbocycles. The quantitative estimate of drug-likeness (QED) is 0.824. The van der Waals surface area contributed by atoms with Gasteiger partial charge in [-0.25, -0.2) is 8.42 Å². The van der Waals surface area contributed by atoms with Gasteiger partial charge in [-0.3, -0.25) is 9.10 Å². The smallest absolute Gasteiger partial charge is 0.255 e. The maximum atomic E-state index is 12.3. The van der Waals surface area contributed by atoms with Crippen LogP contribution in [0.5, 0.6) is 0 Å². The molecule has 2 rings (SSSR count). The van der Waals surface area contributed by atoms with Gasteiger partial charge in [-0.15, -0.1) is 0 Å². The molecule has 8 heteroatoms. The van der Waals surface area contributed by atoms with Gasteiger partial charge in [0, 0.05) is 22.8 Å². The summed E-state index contributed by atoms with van der Waals surface area (Å²) in [5.74, 6) is -0.358. The zero-order valence-electron chi connectivity index (χ0n) is 12.4. The first kappa shape index (κ1) is 17.8. The second-order valence-electron chi connectivity index (χ2n) is 4.86. The zero-order chi connectivity index (χ0) is 17.2. The van der Waals surface area contributed by atoms with Crippen LogP contribution < -0.4 is 9.62 Å². The summed E-state index contributed by atoms with van der Waals surface area (Å²) in [6.07, 6.45) is 1.07. The first-order chi connectivity index (χ1) is 10.7. The third-order valence-corrected chi connectivity index (χ3v) is 5.13. The van der Waals surface area contributed by atoms with E-state index in [1.54, 1.807) is 18.2 Å². The summed E-state index contributed by atoms with van der Waals surface area (Å²) in [5.41, 5.74) is 1.17. The molecule has 0 bridgehead atoms. The lowest BCUT2D eigenvalue weighted by molar-refractivity contribution is 0.102. The van der Waals surface area contributed by atoms with Crippen LogP contribution in [0.1, 0.15) is 10.4 Å².